The molecule has 1 saturated heterocycles. The minimum absolute atomic E-state index is 0.0428. The topological polar surface area (TPSA) is 63.1 Å². The molecule has 0 spiro atoms. The first-order chi connectivity index (χ1) is 13.3. The lowest BCUT2D eigenvalue weighted by Gasteiger charge is -2.17. The molecular formula is C19H25N5OS2. The number of nitrogens with zero attached hydrogens (tertiary/aromatic N) is 4. The van der Waals surface area contributed by atoms with Crippen molar-refractivity contribution in [1.82, 2.24) is 14.8 Å². The highest BCUT2D eigenvalue weighted by Crippen LogP contribution is 2.41. The largest absolute Gasteiger partial charge is 0.341 e. The third-order valence-corrected chi connectivity index (χ3v) is 6.63. The predicted molar refractivity (Wildman–Crippen MR) is 112 cm³/mol. The number of carbonyl (C=O) groups is 1. The van der Waals surface area contributed by atoms with Crippen LogP contribution in [0.2, 0.25) is 0 Å². The number of anilines is 2. The number of hydrogen-bond acceptors (Lipinski definition) is 6. The second-order valence-electron chi connectivity index (χ2n) is 6.92. The second kappa shape index (κ2) is 8.56. The maximum Gasteiger partial charge on any atom is 0.228 e. The molecule has 0 radical (unpaired) electrons. The standard InChI is InChI=1S/C19H25N5OS2/c1-26-16-7-3-2-6-15(16)20-17(25)10-13-27-19-22-21-18(23-11-4-5-12-23)24(19)14-8-9-14/h2-3,6-7,14H,4-5,8-13H2,1H3,(H,20,25). The Hall–Kier alpha value is -1.67. The first-order valence-electron chi connectivity index (χ1n) is 9.52. The van der Waals surface area contributed by atoms with Crippen LogP contribution in [0.3, 0.4) is 0 Å². The molecule has 1 aliphatic carbocycles. The number of para-hydroxylation sites is 1. The lowest BCUT2D eigenvalue weighted by atomic mass is 10.3. The second-order valence-corrected chi connectivity index (χ2v) is 8.83. The SMILES string of the molecule is CSc1ccccc1NC(=O)CCSc1nnc(N2CCCC2)n1C1CC1. The summed E-state index contributed by atoms with van der Waals surface area (Å²) in [5, 5.41) is 12.9. The summed E-state index contributed by atoms with van der Waals surface area (Å²) in [6.45, 7) is 2.15. The Labute approximate surface area is 168 Å². The van der Waals surface area contributed by atoms with Crippen molar-refractivity contribution in [1.29, 1.82) is 0 Å². The zero-order valence-corrected chi connectivity index (χ0v) is 17.2. The van der Waals surface area contributed by atoms with Crippen LogP contribution in [0.15, 0.2) is 34.3 Å². The number of carbonyl (C=O) groups excluding carboxylic acids is 1. The van der Waals surface area contributed by atoms with Crippen molar-refractivity contribution in [3.63, 3.8) is 0 Å². The molecule has 1 saturated carbocycles. The van der Waals surface area contributed by atoms with Gasteiger partial charge in [-0.2, -0.15) is 0 Å². The lowest BCUT2D eigenvalue weighted by molar-refractivity contribution is -0.115. The Morgan fingerprint density at radius 2 is 2.00 bits per heavy atom. The first-order valence-corrected chi connectivity index (χ1v) is 11.7. The Morgan fingerprint density at radius 1 is 1.22 bits per heavy atom. The maximum absolute atomic E-state index is 12.3. The molecule has 8 heteroatoms. The molecule has 144 valence electrons. The van der Waals surface area contributed by atoms with Gasteiger partial charge in [0.15, 0.2) is 5.16 Å². The Bertz CT molecular complexity index is 799. The monoisotopic (exact) mass is 403 g/mol. The van der Waals surface area contributed by atoms with Crippen molar-refractivity contribution in [2.45, 2.75) is 48.2 Å². The third kappa shape index (κ3) is 4.43. The number of amides is 1. The van der Waals surface area contributed by atoms with Crippen molar-refractivity contribution >= 4 is 41.1 Å². The molecule has 2 fully saturated rings. The highest BCUT2D eigenvalue weighted by Gasteiger charge is 2.32. The highest BCUT2D eigenvalue weighted by molar-refractivity contribution is 7.99. The van der Waals surface area contributed by atoms with Gasteiger partial charge in [0.05, 0.1) is 5.69 Å². The predicted octanol–water partition coefficient (Wildman–Crippen LogP) is 4.06. The molecule has 1 aliphatic heterocycles. The van der Waals surface area contributed by atoms with Gasteiger partial charge in [0.1, 0.15) is 0 Å². The van der Waals surface area contributed by atoms with Crippen LogP contribution in [0.1, 0.15) is 38.1 Å². The average molecular weight is 404 g/mol. The van der Waals surface area contributed by atoms with Gasteiger partial charge in [-0.15, -0.1) is 22.0 Å². The van der Waals surface area contributed by atoms with E-state index in [1.165, 1.54) is 25.7 Å². The van der Waals surface area contributed by atoms with Gasteiger partial charge in [-0.3, -0.25) is 9.36 Å². The summed E-state index contributed by atoms with van der Waals surface area (Å²) in [6, 6.07) is 8.44. The third-order valence-electron chi connectivity index (χ3n) is 4.89. The highest BCUT2D eigenvalue weighted by atomic mass is 32.2. The van der Waals surface area contributed by atoms with Crippen LogP contribution in [-0.4, -0.2) is 45.8 Å². The number of thioether (sulfide) groups is 2. The van der Waals surface area contributed by atoms with E-state index in [0.717, 1.165) is 34.8 Å². The molecular weight excluding hydrogens is 378 g/mol. The smallest absolute Gasteiger partial charge is 0.228 e. The van der Waals surface area contributed by atoms with Crippen LogP contribution in [0.4, 0.5) is 11.6 Å². The summed E-state index contributed by atoms with van der Waals surface area (Å²) in [4.78, 5) is 15.8. The lowest BCUT2D eigenvalue weighted by Crippen LogP contribution is -2.22. The molecule has 6 nitrogen and oxygen atoms in total. The van der Waals surface area contributed by atoms with Gasteiger partial charge < -0.3 is 10.2 Å². The Balaban J connectivity index is 1.34. The molecule has 1 N–H and O–H groups in total. The van der Waals surface area contributed by atoms with Gasteiger partial charge in [0, 0.05) is 36.2 Å². The van der Waals surface area contributed by atoms with Crippen LogP contribution in [0, 0.1) is 0 Å². The van der Waals surface area contributed by atoms with E-state index in [-0.39, 0.29) is 5.91 Å². The minimum atomic E-state index is 0.0428. The molecule has 2 aromatic rings. The van der Waals surface area contributed by atoms with Crippen molar-refractivity contribution in [3.05, 3.63) is 24.3 Å². The van der Waals surface area contributed by atoms with Crippen molar-refractivity contribution in [3.8, 4) is 0 Å². The number of benzene rings is 1. The van der Waals surface area contributed by atoms with E-state index in [0.29, 0.717) is 18.2 Å². The van der Waals surface area contributed by atoms with Gasteiger partial charge in [-0.05, 0) is 44.1 Å². The number of aromatic nitrogens is 3. The number of nitrogens with one attached hydrogen (secondary N) is 1. The van der Waals surface area contributed by atoms with Crippen LogP contribution in [-0.2, 0) is 4.79 Å². The van der Waals surface area contributed by atoms with Gasteiger partial charge in [-0.25, -0.2) is 0 Å². The molecule has 1 aromatic carbocycles. The summed E-state index contributed by atoms with van der Waals surface area (Å²) in [5.74, 6) is 1.77. The molecule has 2 heterocycles. The zero-order valence-electron chi connectivity index (χ0n) is 15.6. The molecule has 0 unspecified atom stereocenters. The van der Waals surface area contributed by atoms with Gasteiger partial charge in [0.2, 0.25) is 11.9 Å². The van der Waals surface area contributed by atoms with Crippen molar-refractivity contribution in [2.24, 2.45) is 0 Å². The molecule has 4 rings (SSSR count). The summed E-state index contributed by atoms with van der Waals surface area (Å²) in [7, 11) is 0. The maximum atomic E-state index is 12.3. The van der Waals surface area contributed by atoms with E-state index in [4.69, 9.17) is 0 Å². The number of hydrogen-bond donors (Lipinski definition) is 1. The van der Waals surface area contributed by atoms with E-state index in [1.807, 2.05) is 30.5 Å². The molecule has 1 amide bonds. The first kappa shape index (κ1) is 18.7. The molecule has 2 aliphatic rings. The minimum Gasteiger partial charge on any atom is -0.341 e. The zero-order chi connectivity index (χ0) is 18.6. The number of rotatable bonds is 8. The summed E-state index contributed by atoms with van der Waals surface area (Å²) >= 11 is 3.28. The van der Waals surface area contributed by atoms with Crippen LogP contribution in [0.5, 0.6) is 0 Å². The fraction of sp³-hybridized carbons (Fsp3) is 0.526. The van der Waals surface area contributed by atoms with E-state index in [2.05, 4.69) is 25.0 Å². The fourth-order valence-electron chi connectivity index (χ4n) is 3.35. The van der Waals surface area contributed by atoms with E-state index in [1.54, 1.807) is 23.5 Å². The van der Waals surface area contributed by atoms with Crippen molar-refractivity contribution < 1.29 is 4.79 Å². The van der Waals surface area contributed by atoms with E-state index in [9.17, 15) is 4.79 Å². The van der Waals surface area contributed by atoms with Gasteiger partial charge in [0.25, 0.3) is 0 Å². The quantitative estimate of drug-likeness (QED) is 0.671. The Morgan fingerprint density at radius 3 is 2.74 bits per heavy atom. The molecule has 0 atom stereocenters. The van der Waals surface area contributed by atoms with Crippen LogP contribution >= 0.6 is 23.5 Å². The molecule has 27 heavy (non-hydrogen) atoms. The average Bonchev–Trinajstić information content (AvgIpc) is 3.20. The van der Waals surface area contributed by atoms with E-state index < -0.39 is 0 Å². The normalized spacial score (nSPS) is 16.7. The summed E-state index contributed by atoms with van der Waals surface area (Å²) in [6.07, 6.45) is 7.36. The summed E-state index contributed by atoms with van der Waals surface area (Å²) < 4.78 is 2.30. The molecule has 0 bridgehead atoms. The fourth-order valence-corrected chi connectivity index (χ4v) is 4.84. The van der Waals surface area contributed by atoms with Gasteiger partial charge >= 0.3 is 0 Å². The van der Waals surface area contributed by atoms with E-state index >= 15 is 0 Å². The van der Waals surface area contributed by atoms with Crippen LogP contribution < -0.4 is 10.2 Å². The Kier molecular flexibility index (Phi) is 5.92. The van der Waals surface area contributed by atoms with Gasteiger partial charge in [-0.1, -0.05) is 23.9 Å². The van der Waals surface area contributed by atoms with Crippen LogP contribution in [0.25, 0.3) is 0 Å². The molecule has 1 aromatic heterocycles. The summed E-state index contributed by atoms with van der Waals surface area (Å²) in [5.41, 5.74) is 0.887. The van der Waals surface area contributed by atoms with Crippen molar-refractivity contribution in [2.75, 3.05) is 35.3 Å².